The van der Waals surface area contributed by atoms with Crippen molar-refractivity contribution in [1.82, 2.24) is 0 Å². The van der Waals surface area contributed by atoms with Crippen molar-refractivity contribution < 1.29 is 14.5 Å². The Labute approximate surface area is 143 Å². The number of benzene rings is 1. The lowest BCUT2D eigenvalue weighted by Crippen LogP contribution is -2.12. The summed E-state index contributed by atoms with van der Waals surface area (Å²) < 4.78 is 5.11. The molecule has 0 bridgehead atoms. The van der Waals surface area contributed by atoms with Gasteiger partial charge in [-0.15, -0.1) is 0 Å². The molecule has 1 aromatic carbocycles. The van der Waals surface area contributed by atoms with E-state index in [2.05, 4.69) is 12.2 Å². The summed E-state index contributed by atoms with van der Waals surface area (Å²) in [4.78, 5) is 22.2. The van der Waals surface area contributed by atoms with Crippen LogP contribution in [0.15, 0.2) is 18.2 Å². The van der Waals surface area contributed by atoms with Gasteiger partial charge in [0.15, 0.2) is 0 Å². The molecule has 0 aromatic heterocycles. The Hall–Kier alpha value is -2.11. The van der Waals surface area contributed by atoms with E-state index < -0.39 is 4.92 Å². The molecule has 6 nitrogen and oxygen atoms in total. The molecule has 0 atom stereocenters. The van der Waals surface area contributed by atoms with Crippen LogP contribution in [0, 0.1) is 10.1 Å². The average Bonchev–Trinajstić information content (AvgIpc) is 2.57. The Kier molecular flexibility index (Phi) is 9.49. The SMILES string of the molecule is CCCCCCCCCCC(=O)Nc1ccc([N+](=O)[O-])cc1OC. The van der Waals surface area contributed by atoms with Crippen LogP contribution in [0.4, 0.5) is 11.4 Å². The van der Waals surface area contributed by atoms with Gasteiger partial charge in [-0.2, -0.15) is 0 Å². The number of carbonyl (C=O) groups excluding carboxylic acids is 1. The van der Waals surface area contributed by atoms with Crippen molar-refractivity contribution in [2.75, 3.05) is 12.4 Å². The van der Waals surface area contributed by atoms with E-state index in [0.29, 0.717) is 17.9 Å². The van der Waals surface area contributed by atoms with Gasteiger partial charge in [-0.05, 0) is 12.5 Å². The minimum Gasteiger partial charge on any atom is -0.494 e. The first-order chi connectivity index (χ1) is 11.6. The maximum Gasteiger partial charge on any atom is 0.273 e. The zero-order chi connectivity index (χ0) is 17.8. The number of rotatable bonds is 12. The van der Waals surface area contributed by atoms with Gasteiger partial charge in [0.1, 0.15) is 5.75 Å². The predicted molar refractivity (Wildman–Crippen MR) is 95.5 cm³/mol. The molecule has 6 heteroatoms. The number of anilines is 1. The molecule has 0 saturated carbocycles. The topological polar surface area (TPSA) is 81.5 Å². The molecule has 1 amide bonds. The number of ether oxygens (including phenoxy) is 1. The normalized spacial score (nSPS) is 10.4. The summed E-state index contributed by atoms with van der Waals surface area (Å²) in [6.07, 6.45) is 9.90. The second kappa shape index (κ2) is 11.4. The molecule has 0 heterocycles. The number of methoxy groups -OCH3 is 1. The van der Waals surface area contributed by atoms with Gasteiger partial charge < -0.3 is 10.1 Å². The third-order valence-electron chi connectivity index (χ3n) is 3.93. The number of nitrogens with zero attached hydrogens (tertiary/aromatic N) is 1. The fourth-order valence-corrected chi connectivity index (χ4v) is 2.53. The van der Waals surface area contributed by atoms with Crippen LogP contribution in [0.25, 0.3) is 0 Å². The van der Waals surface area contributed by atoms with Crippen LogP contribution >= 0.6 is 0 Å². The van der Waals surface area contributed by atoms with E-state index in [0.717, 1.165) is 19.3 Å². The fourth-order valence-electron chi connectivity index (χ4n) is 2.53. The highest BCUT2D eigenvalue weighted by molar-refractivity contribution is 5.92. The molecule has 1 rings (SSSR count). The minimum absolute atomic E-state index is 0.0621. The van der Waals surface area contributed by atoms with Gasteiger partial charge in [0.25, 0.3) is 5.69 Å². The summed E-state index contributed by atoms with van der Waals surface area (Å²) in [6.45, 7) is 2.21. The number of unbranched alkanes of at least 4 members (excludes halogenated alkanes) is 7. The average molecular weight is 336 g/mol. The Morgan fingerprint density at radius 3 is 2.33 bits per heavy atom. The maximum atomic E-state index is 12.0. The molecule has 0 unspecified atom stereocenters. The Morgan fingerprint density at radius 1 is 1.12 bits per heavy atom. The third-order valence-corrected chi connectivity index (χ3v) is 3.93. The van der Waals surface area contributed by atoms with Crippen LogP contribution in [0.1, 0.15) is 64.7 Å². The second-order valence-electron chi connectivity index (χ2n) is 5.91. The second-order valence-corrected chi connectivity index (χ2v) is 5.91. The van der Waals surface area contributed by atoms with E-state index >= 15 is 0 Å². The van der Waals surface area contributed by atoms with Crippen LogP contribution < -0.4 is 10.1 Å². The number of amides is 1. The van der Waals surface area contributed by atoms with Gasteiger partial charge in [-0.3, -0.25) is 14.9 Å². The van der Waals surface area contributed by atoms with Gasteiger partial charge in [0.2, 0.25) is 5.91 Å². The van der Waals surface area contributed by atoms with Crippen LogP contribution in [-0.2, 0) is 4.79 Å². The van der Waals surface area contributed by atoms with Gasteiger partial charge in [-0.25, -0.2) is 0 Å². The minimum atomic E-state index is -0.491. The number of carbonyl (C=O) groups is 1. The van der Waals surface area contributed by atoms with Crippen LogP contribution in [-0.4, -0.2) is 17.9 Å². The molecule has 0 spiro atoms. The van der Waals surface area contributed by atoms with E-state index in [4.69, 9.17) is 4.74 Å². The number of nitro benzene ring substituents is 1. The highest BCUT2D eigenvalue weighted by Crippen LogP contribution is 2.29. The van der Waals surface area contributed by atoms with Crippen LogP contribution in [0.5, 0.6) is 5.75 Å². The summed E-state index contributed by atoms with van der Waals surface area (Å²) in [5, 5.41) is 13.5. The molecular weight excluding hydrogens is 308 g/mol. The lowest BCUT2D eigenvalue weighted by Gasteiger charge is -2.10. The first-order valence-corrected chi connectivity index (χ1v) is 8.70. The molecule has 0 aliphatic carbocycles. The monoisotopic (exact) mass is 336 g/mol. The van der Waals surface area contributed by atoms with Crippen LogP contribution in [0.2, 0.25) is 0 Å². The van der Waals surface area contributed by atoms with E-state index in [1.807, 2.05) is 0 Å². The molecule has 0 radical (unpaired) electrons. The van der Waals surface area contributed by atoms with Gasteiger partial charge in [-0.1, -0.05) is 51.9 Å². The van der Waals surface area contributed by atoms with Crippen molar-refractivity contribution in [3.05, 3.63) is 28.3 Å². The molecule has 0 fully saturated rings. The molecule has 24 heavy (non-hydrogen) atoms. The zero-order valence-electron chi connectivity index (χ0n) is 14.7. The van der Waals surface area contributed by atoms with Gasteiger partial charge in [0.05, 0.1) is 23.8 Å². The lowest BCUT2D eigenvalue weighted by molar-refractivity contribution is -0.384. The molecule has 1 N–H and O–H groups in total. The smallest absolute Gasteiger partial charge is 0.273 e. The van der Waals surface area contributed by atoms with Crippen molar-refractivity contribution in [2.24, 2.45) is 0 Å². The summed E-state index contributed by atoms with van der Waals surface area (Å²) in [6, 6.07) is 4.17. The van der Waals surface area contributed by atoms with Crippen molar-refractivity contribution in [1.29, 1.82) is 0 Å². The van der Waals surface area contributed by atoms with Crippen molar-refractivity contribution in [2.45, 2.75) is 64.7 Å². The molecule has 0 aliphatic heterocycles. The summed E-state index contributed by atoms with van der Waals surface area (Å²) in [5.74, 6) is 0.210. The Bertz CT molecular complexity index is 532. The number of hydrogen-bond donors (Lipinski definition) is 1. The van der Waals surface area contributed by atoms with E-state index in [-0.39, 0.29) is 11.6 Å². The largest absolute Gasteiger partial charge is 0.494 e. The summed E-state index contributed by atoms with van der Waals surface area (Å²) in [7, 11) is 1.42. The Morgan fingerprint density at radius 2 is 1.75 bits per heavy atom. The fraction of sp³-hybridized carbons (Fsp3) is 0.611. The zero-order valence-corrected chi connectivity index (χ0v) is 14.7. The summed E-state index contributed by atoms with van der Waals surface area (Å²) >= 11 is 0. The van der Waals surface area contributed by atoms with E-state index in [1.165, 1.54) is 57.4 Å². The number of nitro groups is 1. The summed E-state index contributed by atoms with van der Waals surface area (Å²) in [5.41, 5.74) is 0.403. The van der Waals surface area contributed by atoms with Gasteiger partial charge >= 0.3 is 0 Å². The first kappa shape index (κ1) is 19.9. The standard InChI is InChI=1S/C18H28N2O4/c1-3-4-5-6-7-8-9-10-11-18(21)19-16-13-12-15(20(22)23)14-17(16)24-2/h12-14H,3-11H2,1-2H3,(H,19,21). The molecular formula is C18H28N2O4. The third kappa shape index (κ3) is 7.44. The van der Waals surface area contributed by atoms with E-state index in [9.17, 15) is 14.9 Å². The van der Waals surface area contributed by atoms with Crippen molar-refractivity contribution in [3.63, 3.8) is 0 Å². The molecule has 134 valence electrons. The van der Waals surface area contributed by atoms with Crippen molar-refractivity contribution in [3.8, 4) is 5.75 Å². The van der Waals surface area contributed by atoms with Crippen LogP contribution in [0.3, 0.4) is 0 Å². The maximum absolute atomic E-state index is 12.0. The Balaban J connectivity index is 2.31. The quantitative estimate of drug-likeness (QED) is 0.328. The highest BCUT2D eigenvalue weighted by atomic mass is 16.6. The van der Waals surface area contributed by atoms with E-state index in [1.54, 1.807) is 0 Å². The number of hydrogen-bond acceptors (Lipinski definition) is 4. The molecule has 1 aromatic rings. The number of nitrogens with one attached hydrogen (secondary N) is 1. The lowest BCUT2D eigenvalue weighted by atomic mass is 10.1. The predicted octanol–water partition coefficient (Wildman–Crippen LogP) is 5.07. The first-order valence-electron chi connectivity index (χ1n) is 8.70. The highest BCUT2D eigenvalue weighted by Gasteiger charge is 2.13. The molecule has 0 saturated heterocycles. The van der Waals surface area contributed by atoms with Gasteiger partial charge in [0, 0.05) is 12.5 Å². The number of non-ortho nitro benzene ring substituents is 1. The van der Waals surface area contributed by atoms with Crippen molar-refractivity contribution >= 4 is 17.3 Å². The molecule has 0 aliphatic rings.